The molecule has 1 fully saturated rings. The molecule has 0 aliphatic heterocycles. The Balaban J connectivity index is 1.58. The number of nitrogens with two attached hydrogens (primary N) is 1. The molecule has 0 bridgehead atoms. The zero-order valence-electron chi connectivity index (χ0n) is 14.8. The number of hydrogen-bond acceptors (Lipinski definition) is 4. The quantitative estimate of drug-likeness (QED) is 0.752. The van der Waals surface area contributed by atoms with E-state index in [1.54, 1.807) is 7.11 Å². The molecule has 2 aliphatic carbocycles. The molecule has 1 saturated carbocycles. The van der Waals surface area contributed by atoms with Gasteiger partial charge in [0.05, 0.1) is 19.8 Å². The lowest BCUT2D eigenvalue weighted by molar-refractivity contribution is 0.0487. The van der Waals surface area contributed by atoms with E-state index in [4.69, 9.17) is 15.2 Å². The number of methoxy groups -OCH3 is 1. The molecule has 2 aliphatic rings. The van der Waals surface area contributed by atoms with Gasteiger partial charge in [-0.05, 0) is 67.1 Å². The molecule has 0 heterocycles. The molecule has 1 aromatic rings. The molecule has 134 valence electrons. The number of ether oxygens (including phenoxy) is 2. The van der Waals surface area contributed by atoms with Gasteiger partial charge in [-0.1, -0.05) is 18.2 Å². The van der Waals surface area contributed by atoms with Gasteiger partial charge in [-0.15, -0.1) is 0 Å². The number of aliphatic hydroxyl groups is 1. The number of aliphatic hydroxyl groups excluding tert-OH is 1. The number of fused-ring (bicyclic) bond motifs is 1. The van der Waals surface area contributed by atoms with Crippen LogP contribution in [-0.2, 0) is 22.3 Å². The molecule has 0 radical (unpaired) electrons. The van der Waals surface area contributed by atoms with Crippen molar-refractivity contribution in [1.29, 1.82) is 0 Å². The number of hydrogen-bond donors (Lipinski definition) is 2. The first-order valence-corrected chi connectivity index (χ1v) is 9.21. The highest BCUT2D eigenvalue weighted by molar-refractivity contribution is 5.36. The van der Waals surface area contributed by atoms with Crippen molar-refractivity contribution in [1.82, 2.24) is 0 Å². The second-order valence-electron chi connectivity index (χ2n) is 7.66. The summed E-state index contributed by atoms with van der Waals surface area (Å²) in [4.78, 5) is 0. The van der Waals surface area contributed by atoms with E-state index in [1.807, 2.05) is 0 Å². The molecule has 4 nitrogen and oxygen atoms in total. The zero-order chi connectivity index (χ0) is 17.0. The summed E-state index contributed by atoms with van der Waals surface area (Å²) in [6, 6.07) is 6.98. The first-order valence-electron chi connectivity index (χ1n) is 9.21. The normalized spacial score (nSPS) is 29.6. The Bertz CT molecular complexity index is 548. The van der Waals surface area contributed by atoms with Crippen LogP contribution in [0.1, 0.15) is 48.3 Å². The monoisotopic (exact) mass is 333 g/mol. The van der Waals surface area contributed by atoms with Crippen LogP contribution in [0.15, 0.2) is 18.2 Å². The standard InChI is InChI=1S/C20H31NO3/c1-23-8-9-24-13-15-2-3-17-11-18(5-4-16(17)10-15)19-6-7-20(21,12-19)14-22/h4-5,11,15,19,22H,2-3,6-10,12-14,21H2,1H3/t15-,19+,20-/m1/s1. The van der Waals surface area contributed by atoms with E-state index in [-0.39, 0.29) is 12.1 Å². The Kier molecular flexibility index (Phi) is 5.93. The molecule has 1 aromatic carbocycles. The van der Waals surface area contributed by atoms with Crippen molar-refractivity contribution >= 4 is 0 Å². The molecule has 0 unspecified atom stereocenters. The fourth-order valence-corrected chi connectivity index (χ4v) is 4.22. The van der Waals surface area contributed by atoms with Crippen LogP contribution in [-0.4, -0.2) is 44.2 Å². The van der Waals surface area contributed by atoms with Crippen LogP contribution in [0.3, 0.4) is 0 Å². The van der Waals surface area contributed by atoms with Gasteiger partial charge in [0, 0.05) is 19.3 Å². The summed E-state index contributed by atoms with van der Waals surface area (Å²) in [7, 11) is 1.71. The summed E-state index contributed by atoms with van der Waals surface area (Å²) in [6.45, 7) is 2.29. The highest BCUT2D eigenvalue weighted by Crippen LogP contribution is 2.40. The molecule has 0 saturated heterocycles. The fraction of sp³-hybridized carbons (Fsp3) is 0.700. The molecule has 4 heteroatoms. The molecule has 3 rings (SSSR count). The molecular formula is C20H31NO3. The maximum Gasteiger partial charge on any atom is 0.0700 e. The Morgan fingerprint density at radius 1 is 1.25 bits per heavy atom. The lowest BCUT2D eigenvalue weighted by Gasteiger charge is -2.26. The van der Waals surface area contributed by atoms with E-state index in [9.17, 15) is 5.11 Å². The van der Waals surface area contributed by atoms with Crippen molar-refractivity contribution in [3.63, 3.8) is 0 Å². The molecule has 0 aromatic heterocycles. The lowest BCUT2D eigenvalue weighted by Crippen LogP contribution is -2.40. The van der Waals surface area contributed by atoms with Crippen LogP contribution in [0.2, 0.25) is 0 Å². The molecular weight excluding hydrogens is 302 g/mol. The van der Waals surface area contributed by atoms with Gasteiger partial charge in [0.1, 0.15) is 0 Å². The minimum atomic E-state index is -0.370. The van der Waals surface area contributed by atoms with Crippen LogP contribution in [0, 0.1) is 5.92 Å². The van der Waals surface area contributed by atoms with Crippen molar-refractivity contribution in [2.45, 2.75) is 50.0 Å². The summed E-state index contributed by atoms with van der Waals surface area (Å²) in [5.74, 6) is 1.13. The smallest absolute Gasteiger partial charge is 0.0700 e. The number of benzene rings is 1. The van der Waals surface area contributed by atoms with Crippen LogP contribution in [0.4, 0.5) is 0 Å². The average molecular weight is 333 g/mol. The van der Waals surface area contributed by atoms with Gasteiger partial charge < -0.3 is 20.3 Å². The summed E-state index contributed by atoms with van der Waals surface area (Å²) < 4.78 is 10.7. The van der Waals surface area contributed by atoms with Crippen LogP contribution >= 0.6 is 0 Å². The van der Waals surface area contributed by atoms with Crippen molar-refractivity contribution < 1.29 is 14.6 Å². The van der Waals surface area contributed by atoms with Crippen molar-refractivity contribution in [3.8, 4) is 0 Å². The molecule has 3 atom stereocenters. The van der Waals surface area contributed by atoms with Crippen molar-refractivity contribution in [2.75, 3.05) is 33.5 Å². The maximum absolute atomic E-state index is 9.47. The Morgan fingerprint density at radius 2 is 2.12 bits per heavy atom. The highest BCUT2D eigenvalue weighted by Gasteiger charge is 2.36. The molecule has 0 amide bonds. The third-order valence-electron chi connectivity index (χ3n) is 5.78. The van der Waals surface area contributed by atoms with Gasteiger partial charge in [0.25, 0.3) is 0 Å². The average Bonchev–Trinajstić information content (AvgIpc) is 3.01. The summed E-state index contributed by atoms with van der Waals surface area (Å²) >= 11 is 0. The fourth-order valence-electron chi connectivity index (χ4n) is 4.22. The lowest BCUT2D eigenvalue weighted by atomic mass is 9.82. The summed E-state index contributed by atoms with van der Waals surface area (Å²) in [5.41, 5.74) is 10.2. The first kappa shape index (κ1) is 17.9. The Morgan fingerprint density at radius 3 is 2.88 bits per heavy atom. The predicted molar refractivity (Wildman–Crippen MR) is 95.2 cm³/mol. The van der Waals surface area contributed by atoms with Gasteiger partial charge >= 0.3 is 0 Å². The van der Waals surface area contributed by atoms with Gasteiger partial charge in [-0.2, -0.15) is 0 Å². The second-order valence-corrected chi connectivity index (χ2v) is 7.66. The zero-order valence-corrected chi connectivity index (χ0v) is 14.8. The maximum atomic E-state index is 9.47. The van der Waals surface area contributed by atoms with Crippen molar-refractivity contribution in [3.05, 3.63) is 34.9 Å². The van der Waals surface area contributed by atoms with E-state index >= 15 is 0 Å². The topological polar surface area (TPSA) is 64.7 Å². The SMILES string of the molecule is COCCOC[C@@H]1CCc2cc([C@H]3CC[C@](N)(CO)C3)ccc2C1. The van der Waals surface area contributed by atoms with Crippen LogP contribution in [0.5, 0.6) is 0 Å². The van der Waals surface area contributed by atoms with Gasteiger partial charge in [-0.3, -0.25) is 0 Å². The first-order chi connectivity index (χ1) is 11.6. The van der Waals surface area contributed by atoms with Crippen LogP contribution < -0.4 is 5.73 Å². The summed E-state index contributed by atoms with van der Waals surface area (Å²) in [5, 5.41) is 9.47. The van der Waals surface area contributed by atoms with E-state index in [0.29, 0.717) is 25.0 Å². The molecule has 0 spiro atoms. The van der Waals surface area contributed by atoms with E-state index in [0.717, 1.165) is 38.7 Å². The number of aryl methyl sites for hydroxylation is 1. The van der Waals surface area contributed by atoms with Crippen molar-refractivity contribution in [2.24, 2.45) is 11.7 Å². The van der Waals surface area contributed by atoms with Crippen LogP contribution in [0.25, 0.3) is 0 Å². The van der Waals surface area contributed by atoms with E-state index < -0.39 is 0 Å². The van der Waals surface area contributed by atoms with Gasteiger partial charge in [0.15, 0.2) is 0 Å². The van der Waals surface area contributed by atoms with Gasteiger partial charge in [0.2, 0.25) is 0 Å². The number of rotatable bonds is 7. The van der Waals surface area contributed by atoms with Gasteiger partial charge in [-0.25, -0.2) is 0 Å². The minimum Gasteiger partial charge on any atom is -0.394 e. The Hall–Kier alpha value is -0.940. The third-order valence-corrected chi connectivity index (χ3v) is 5.78. The van der Waals surface area contributed by atoms with E-state index in [1.165, 1.54) is 23.1 Å². The molecule has 24 heavy (non-hydrogen) atoms. The third kappa shape index (κ3) is 4.17. The molecule has 3 N–H and O–H groups in total. The second kappa shape index (κ2) is 7.96. The Labute approximate surface area is 145 Å². The predicted octanol–water partition coefficient (Wildman–Crippen LogP) is 2.41. The highest BCUT2D eigenvalue weighted by atomic mass is 16.5. The van der Waals surface area contributed by atoms with E-state index in [2.05, 4.69) is 18.2 Å². The largest absolute Gasteiger partial charge is 0.394 e. The summed E-state index contributed by atoms with van der Waals surface area (Å²) in [6.07, 6.45) is 6.37. The minimum absolute atomic E-state index is 0.0964.